The molecule has 1 aromatic rings. The lowest BCUT2D eigenvalue weighted by Crippen LogP contribution is -2.32. The van der Waals surface area contributed by atoms with Gasteiger partial charge in [-0.15, -0.1) is 11.3 Å². The van der Waals surface area contributed by atoms with E-state index in [1.54, 1.807) is 0 Å². The van der Waals surface area contributed by atoms with Gasteiger partial charge < -0.3 is 5.32 Å². The van der Waals surface area contributed by atoms with E-state index in [1.165, 1.54) is 23.5 Å². The molecule has 0 saturated carbocycles. The van der Waals surface area contributed by atoms with Crippen LogP contribution in [0.25, 0.3) is 0 Å². The minimum Gasteiger partial charge on any atom is -0.313 e. The van der Waals surface area contributed by atoms with Crippen LogP contribution in [0.2, 0.25) is 0 Å². The summed E-state index contributed by atoms with van der Waals surface area (Å²) in [6.45, 7) is 3.38. The Bertz CT molecular complexity index is 221. The second-order valence-electron chi connectivity index (χ2n) is 3.34. The van der Waals surface area contributed by atoms with E-state index >= 15 is 0 Å². The maximum atomic E-state index is 3.59. The topological polar surface area (TPSA) is 12.0 Å². The van der Waals surface area contributed by atoms with Gasteiger partial charge in [0.25, 0.3) is 0 Å². The fraction of sp³-hybridized carbons (Fsp3) is 0.636. The molecule has 3 heteroatoms. The molecule has 1 aromatic heterocycles. The van der Waals surface area contributed by atoms with E-state index in [1.807, 2.05) is 23.1 Å². The number of thiophene rings is 1. The Hall–Kier alpha value is 0.01000. The molecule has 0 saturated heterocycles. The van der Waals surface area contributed by atoms with Crippen molar-refractivity contribution in [3.05, 3.63) is 22.4 Å². The van der Waals surface area contributed by atoms with Crippen LogP contribution in [0.15, 0.2) is 17.5 Å². The van der Waals surface area contributed by atoms with Gasteiger partial charge >= 0.3 is 0 Å². The molecular weight excluding hydrogens is 210 g/mol. The second kappa shape index (κ2) is 7.32. The highest BCUT2D eigenvalue weighted by molar-refractivity contribution is 7.98. The van der Waals surface area contributed by atoms with Crippen LogP contribution in [0, 0.1) is 0 Å². The second-order valence-corrected chi connectivity index (χ2v) is 5.35. The zero-order valence-electron chi connectivity index (χ0n) is 8.95. The molecule has 0 aromatic carbocycles. The molecule has 0 aliphatic carbocycles. The maximum absolute atomic E-state index is 3.59. The zero-order valence-corrected chi connectivity index (χ0v) is 10.6. The molecule has 1 atom stereocenters. The fourth-order valence-electron chi connectivity index (χ4n) is 1.40. The summed E-state index contributed by atoms with van der Waals surface area (Å²) in [4.78, 5) is 1.49. The monoisotopic (exact) mass is 229 g/mol. The third-order valence-corrected chi connectivity index (χ3v) is 3.77. The Morgan fingerprint density at radius 1 is 1.57 bits per heavy atom. The van der Waals surface area contributed by atoms with Crippen molar-refractivity contribution < 1.29 is 0 Å². The molecular formula is C11H19NS2. The van der Waals surface area contributed by atoms with Crippen molar-refractivity contribution in [2.24, 2.45) is 0 Å². The molecule has 0 spiro atoms. The first kappa shape index (κ1) is 12.1. The molecule has 0 bridgehead atoms. The van der Waals surface area contributed by atoms with Gasteiger partial charge in [0.2, 0.25) is 0 Å². The number of hydrogen-bond donors (Lipinski definition) is 1. The Kier molecular flexibility index (Phi) is 6.32. The van der Waals surface area contributed by atoms with Crippen molar-refractivity contribution in [3.8, 4) is 0 Å². The average molecular weight is 229 g/mol. The Morgan fingerprint density at radius 2 is 2.43 bits per heavy atom. The number of rotatable bonds is 7. The number of hydrogen-bond acceptors (Lipinski definition) is 3. The predicted octanol–water partition coefficient (Wildman–Crippen LogP) is 3.02. The average Bonchev–Trinajstić information content (AvgIpc) is 2.69. The van der Waals surface area contributed by atoms with Crippen molar-refractivity contribution in [3.63, 3.8) is 0 Å². The van der Waals surface area contributed by atoms with Crippen LogP contribution in [0.5, 0.6) is 0 Å². The largest absolute Gasteiger partial charge is 0.313 e. The SMILES string of the molecule is CCC(Cc1cccs1)NCCSC. The summed E-state index contributed by atoms with van der Waals surface area (Å²) in [5.41, 5.74) is 0. The van der Waals surface area contributed by atoms with Crippen LogP contribution in [-0.4, -0.2) is 24.6 Å². The van der Waals surface area contributed by atoms with Gasteiger partial charge in [-0.1, -0.05) is 13.0 Å². The van der Waals surface area contributed by atoms with Crippen molar-refractivity contribution in [1.29, 1.82) is 0 Å². The first-order chi connectivity index (χ1) is 6.86. The molecule has 0 aliphatic rings. The Balaban J connectivity index is 2.24. The van der Waals surface area contributed by atoms with Crippen molar-refractivity contribution in [2.75, 3.05) is 18.6 Å². The highest BCUT2D eigenvalue weighted by atomic mass is 32.2. The van der Waals surface area contributed by atoms with E-state index in [0.717, 1.165) is 6.54 Å². The predicted molar refractivity (Wildman–Crippen MR) is 68.5 cm³/mol. The third-order valence-electron chi connectivity index (χ3n) is 2.26. The summed E-state index contributed by atoms with van der Waals surface area (Å²) >= 11 is 3.76. The molecule has 1 rings (SSSR count). The molecule has 80 valence electrons. The molecule has 1 unspecified atom stereocenters. The summed E-state index contributed by atoms with van der Waals surface area (Å²) in [6.07, 6.45) is 4.55. The zero-order chi connectivity index (χ0) is 10.2. The highest BCUT2D eigenvalue weighted by Crippen LogP contribution is 2.12. The van der Waals surface area contributed by atoms with E-state index in [9.17, 15) is 0 Å². The van der Waals surface area contributed by atoms with Gasteiger partial charge in [0.05, 0.1) is 0 Å². The van der Waals surface area contributed by atoms with Gasteiger partial charge in [-0.2, -0.15) is 11.8 Å². The van der Waals surface area contributed by atoms with Crippen LogP contribution in [0.1, 0.15) is 18.2 Å². The first-order valence-electron chi connectivity index (χ1n) is 5.11. The summed E-state index contributed by atoms with van der Waals surface area (Å²) < 4.78 is 0. The van der Waals surface area contributed by atoms with Gasteiger partial charge in [-0.25, -0.2) is 0 Å². The normalized spacial score (nSPS) is 13.0. The van der Waals surface area contributed by atoms with Crippen molar-refractivity contribution in [1.82, 2.24) is 5.32 Å². The Morgan fingerprint density at radius 3 is 3.00 bits per heavy atom. The fourth-order valence-corrected chi connectivity index (χ4v) is 2.51. The van der Waals surface area contributed by atoms with E-state index in [4.69, 9.17) is 0 Å². The lowest BCUT2D eigenvalue weighted by molar-refractivity contribution is 0.515. The molecule has 14 heavy (non-hydrogen) atoms. The minimum absolute atomic E-state index is 0.654. The molecule has 1 heterocycles. The first-order valence-corrected chi connectivity index (χ1v) is 7.38. The van der Waals surface area contributed by atoms with E-state index in [-0.39, 0.29) is 0 Å². The van der Waals surface area contributed by atoms with Crippen LogP contribution in [0.3, 0.4) is 0 Å². The molecule has 1 N–H and O–H groups in total. The smallest absolute Gasteiger partial charge is 0.0113 e. The van der Waals surface area contributed by atoms with E-state index in [0.29, 0.717) is 6.04 Å². The van der Waals surface area contributed by atoms with Gasteiger partial charge in [0.1, 0.15) is 0 Å². The molecule has 0 radical (unpaired) electrons. The standard InChI is InChI=1S/C11H19NS2/c1-3-10(12-6-8-13-2)9-11-5-4-7-14-11/h4-5,7,10,12H,3,6,8-9H2,1-2H3. The summed E-state index contributed by atoms with van der Waals surface area (Å²) in [5.74, 6) is 1.21. The summed E-state index contributed by atoms with van der Waals surface area (Å²) in [7, 11) is 0. The van der Waals surface area contributed by atoms with Crippen molar-refractivity contribution >= 4 is 23.1 Å². The lowest BCUT2D eigenvalue weighted by Gasteiger charge is -2.15. The summed E-state index contributed by atoms with van der Waals surface area (Å²) in [6, 6.07) is 5.01. The van der Waals surface area contributed by atoms with Crippen LogP contribution >= 0.6 is 23.1 Å². The molecule has 1 nitrogen and oxygen atoms in total. The van der Waals surface area contributed by atoms with Crippen LogP contribution in [-0.2, 0) is 6.42 Å². The quantitative estimate of drug-likeness (QED) is 0.721. The molecule has 0 fully saturated rings. The Labute approximate surface area is 95.3 Å². The molecule has 0 amide bonds. The van der Waals surface area contributed by atoms with Gasteiger partial charge in [0, 0.05) is 23.2 Å². The van der Waals surface area contributed by atoms with E-state index in [2.05, 4.69) is 36.0 Å². The van der Waals surface area contributed by atoms with Gasteiger partial charge in [0.15, 0.2) is 0 Å². The van der Waals surface area contributed by atoms with Crippen molar-refractivity contribution in [2.45, 2.75) is 25.8 Å². The third kappa shape index (κ3) is 4.49. The maximum Gasteiger partial charge on any atom is 0.0113 e. The lowest BCUT2D eigenvalue weighted by atomic mass is 10.1. The summed E-state index contributed by atoms with van der Waals surface area (Å²) in [5, 5.41) is 5.75. The highest BCUT2D eigenvalue weighted by Gasteiger charge is 2.06. The van der Waals surface area contributed by atoms with Gasteiger partial charge in [-0.05, 0) is 30.5 Å². The van der Waals surface area contributed by atoms with Crippen LogP contribution in [0.4, 0.5) is 0 Å². The van der Waals surface area contributed by atoms with E-state index < -0.39 is 0 Å². The molecule has 0 aliphatic heterocycles. The number of thioether (sulfide) groups is 1. The van der Waals surface area contributed by atoms with Gasteiger partial charge in [-0.3, -0.25) is 0 Å². The number of nitrogens with one attached hydrogen (secondary N) is 1. The van der Waals surface area contributed by atoms with Crippen LogP contribution < -0.4 is 5.32 Å². The minimum atomic E-state index is 0.654.